The van der Waals surface area contributed by atoms with Gasteiger partial charge in [-0.05, 0) is 11.0 Å². The van der Waals surface area contributed by atoms with Crippen LogP contribution in [0.4, 0.5) is 0 Å². The summed E-state index contributed by atoms with van der Waals surface area (Å²) in [5, 5.41) is 4.82. The number of thiol groups is 3. The fraction of sp³-hybridized carbons (Fsp3) is 0.471. The fourth-order valence-corrected chi connectivity index (χ4v) is 5.32. The quantitative estimate of drug-likeness (QED) is 0.0460. The highest BCUT2D eigenvalue weighted by Crippen LogP contribution is 2.17. The molecule has 2 amide bonds. The van der Waals surface area contributed by atoms with E-state index in [1.165, 1.54) is 33.7 Å². The van der Waals surface area contributed by atoms with Gasteiger partial charge >= 0.3 is 0 Å². The number of carbonyl (C=O) groups is 4. The van der Waals surface area contributed by atoms with E-state index in [9.17, 15) is 24.0 Å². The molecule has 0 fully saturated rings. The lowest BCUT2D eigenvalue weighted by molar-refractivity contribution is -0.111. The molecule has 0 unspecified atom stereocenters. The van der Waals surface area contributed by atoms with Crippen LogP contribution in [0.2, 0.25) is 0 Å². The Morgan fingerprint density at radius 2 is 1.61 bits per heavy atom. The summed E-state index contributed by atoms with van der Waals surface area (Å²) >= 11 is 13.0. The van der Waals surface area contributed by atoms with E-state index in [0.29, 0.717) is 17.3 Å². The van der Waals surface area contributed by atoms with E-state index >= 15 is 0 Å². The first kappa shape index (κ1) is 30.3. The Morgan fingerprint density at radius 3 is 2.12 bits per heavy atom. The third kappa shape index (κ3) is 12.5. The Hall–Kier alpha value is -0.750. The third-order valence-corrected chi connectivity index (χ3v) is 7.46. The standard InChI is InChI=1S/C17H24N4O6S6/c22-7-10(8-28)20-33-32-4-2-19-16(25)14-6-11(23)5-13(27-14)15(24)18-1-3-31-21-12(9-29)17(26)30/h5-7,10,12,20-21,28-29H,1-4,8-9H2,(H,18,24)(H,19,25)(H,26,30)/t10-,12+/m1/s1. The number of aldehydes is 1. The molecule has 1 aromatic rings. The van der Waals surface area contributed by atoms with Crippen molar-refractivity contribution in [1.82, 2.24) is 20.1 Å². The Balaban J connectivity index is 2.44. The molecule has 184 valence electrons. The first-order chi connectivity index (χ1) is 15.8. The van der Waals surface area contributed by atoms with Crippen molar-refractivity contribution in [3.63, 3.8) is 0 Å². The number of hydrogen-bond acceptors (Lipinski definition) is 13. The highest BCUT2D eigenvalue weighted by Gasteiger charge is 2.16. The predicted molar refractivity (Wildman–Crippen MR) is 144 cm³/mol. The van der Waals surface area contributed by atoms with Crippen LogP contribution in [0.3, 0.4) is 0 Å². The molecule has 1 rings (SSSR count). The van der Waals surface area contributed by atoms with Gasteiger partial charge in [0.25, 0.3) is 11.8 Å². The minimum absolute atomic E-state index is 0.220. The van der Waals surface area contributed by atoms with Gasteiger partial charge in [0.15, 0.2) is 16.9 Å². The smallest absolute Gasteiger partial charge is 0.287 e. The van der Waals surface area contributed by atoms with E-state index in [0.717, 1.165) is 18.4 Å². The van der Waals surface area contributed by atoms with Crippen LogP contribution < -0.4 is 25.5 Å². The minimum Gasteiger partial charge on any atom is -0.445 e. The third-order valence-electron chi connectivity index (χ3n) is 3.50. The highest BCUT2D eigenvalue weighted by molar-refractivity contribution is 8.76. The summed E-state index contributed by atoms with van der Waals surface area (Å²) in [6.07, 6.45) is 0.758. The molecule has 0 saturated carbocycles. The van der Waals surface area contributed by atoms with Crippen LogP contribution in [0.15, 0.2) is 21.3 Å². The Kier molecular flexibility index (Phi) is 16.2. The van der Waals surface area contributed by atoms with E-state index in [1.54, 1.807) is 0 Å². The average Bonchev–Trinajstić information content (AvgIpc) is 2.80. The summed E-state index contributed by atoms with van der Waals surface area (Å²) in [6.45, 7) is 0.495. The number of rotatable bonds is 17. The van der Waals surface area contributed by atoms with Crippen LogP contribution in [0, 0.1) is 0 Å². The van der Waals surface area contributed by atoms with E-state index in [-0.39, 0.29) is 41.5 Å². The summed E-state index contributed by atoms with van der Waals surface area (Å²) in [5.74, 6) is -0.240. The van der Waals surface area contributed by atoms with E-state index in [4.69, 9.17) is 4.42 Å². The van der Waals surface area contributed by atoms with Gasteiger partial charge in [-0.15, -0.1) is 12.6 Å². The highest BCUT2D eigenvalue weighted by atomic mass is 33.1. The zero-order chi connectivity index (χ0) is 24.6. The molecule has 0 aliphatic rings. The number of amides is 2. The second kappa shape index (κ2) is 17.7. The Morgan fingerprint density at radius 1 is 1.00 bits per heavy atom. The van der Waals surface area contributed by atoms with E-state index < -0.39 is 23.3 Å². The van der Waals surface area contributed by atoms with Crippen molar-refractivity contribution in [2.75, 3.05) is 36.1 Å². The lowest BCUT2D eigenvalue weighted by atomic mass is 10.3. The molecule has 0 saturated heterocycles. The summed E-state index contributed by atoms with van der Waals surface area (Å²) in [7, 11) is 2.65. The van der Waals surface area contributed by atoms with Gasteiger partial charge in [-0.2, -0.15) is 25.3 Å². The van der Waals surface area contributed by atoms with Gasteiger partial charge < -0.3 is 19.8 Å². The normalized spacial score (nSPS) is 12.6. The molecule has 10 nitrogen and oxygen atoms in total. The van der Waals surface area contributed by atoms with Crippen molar-refractivity contribution in [1.29, 1.82) is 0 Å². The van der Waals surface area contributed by atoms with Crippen molar-refractivity contribution in [3.8, 4) is 0 Å². The number of carbonyl (C=O) groups excluding carboxylic acids is 4. The summed E-state index contributed by atoms with van der Waals surface area (Å²) in [6, 6.07) is 1.13. The van der Waals surface area contributed by atoms with Crippen molar-refractivity contribution in [3.05, 3.63) is 33.9 Å². The van der Waals surface area contributed by atoms with Crippen molar-refractivity contribution >= 4 is 94.8 Å². The first-order valence-corrected chi connectivity index (χ1v) is 14.4. The summed E-state index contributed by atoms with van der Waals surface area (Å²) < 4.78 is 11.0. The molecule has 0 radical (unpaired) electrons. The van der Waals surface area contributed by atoms with E-state index in [1.807, 2.05) is 0 Å². The van der Waals surface area contributed by atoms with Crippen LogP contribution >= 0.6 is 71.6 Å². The number of nitrogens with one attached hydrogen (secondary N) is 4. The molecule has 33 heavy (non-hydrogen) atoms. The molecule has 0 aliphatic carbocycles. The number of hydrogen-bond donors (Lipinski definition) is 7. The predicted octanol–water partition coefficient (Wildman–Crippen LogP) is 0.475. The van der Waals surface area contributed by atoms with Crippen molar-refractivity contribution < 1.29 is 23.6 Å². The molecule has 1 aromatic heterocycles. The van der Waals surface area contributed by atoms with Crippen molar-refractivity contribution in [2.24, 2.45) is 0 Å². The maximum Gasteiger partial charge on any atom is 0.287 e. The maximum absolute atomic E-state index is 12.2. The largest absolute Gasteiger partial charge is 0.445 e. The zero-order valence-electron chi connectivity index (χ0n) is 17.1. The topological polar surface area (TPSA) is 147 Å². The maximum atomic E-state index is 12.2. The van der Waals surface area contributed by atoms with Crippen LogP contribution in [-0.2, 0) is 9.59 Å². The molecular formula is C17H24N4O6S6. The van der Waals surface area contributed by atoms with Gasteiger partial charge in [0.05, 0.1) is 12.1 Å². The summed E-state index contributed by atoms with van der Waals surface area (Å²) in [4.78, 5) is 58.2. The molecule has 0 spiro atoms. The van der Waals surface area contributed by atoms with Crippen LogP contribution in [-0.4, -0.2) is 71.4 Å². The molecule has 4 N–H and O–H groups in total. The molecular weight excluding hydrogens is 549 g/mol. The Bertz CT molecular complexity index is 858. The van der Waals surface area contributed by atoms with Crippen LogP contribution in [0.1, 0.15) is 21.1 Å². The first-order valence-electron chi connectivity index (χ1n) is 9.35. The zero-order valence-corrected chi connectivity index (χ0v) is 22.3. The van der Waals surface area contributed by atoms with Gasteiger partial charge in [0.1, 0.15) is 6.29 Å². The van der Waals surface area contributed by atoms with Gasteiger partial charge in [0.2, 0.25) is 5.12 Å². The SMILES string of the molecule is O=C[C@H](CS)NSSCCNC(=O)c1cc(=O)cc(C(=O)NCCSN[C@@H](CS)C(=O)S)o1. The molecule has 16 heteroatoms. The average molecular weight is 573 g/mol. The fourth-order valence-electron chi connectivity index (χ4n) is 1.87. The minimum atomic E-state index is -0.648. The van der Waals surface area contributed by atoms with Gasteiger partial charge in [-0.1, -0.05) is 22.7 Å². The van der Waals surface area contributed by atoms with Gasteiger partial charge in [-0.25, -0.2) is 4.72 Å². The van der Waals surface area contributed by atoms with E-state index in [2.05, 4.69) is 58.0 Å². The van der Waals surface area contributed by atoms with Gasteiger partial charge in [0, 0.05) is 48.2 Å². The lowest BCUT2D eigenvalue weighted by Crippen LogP contribution is -2.33. The monoisotopic (exact) mass is 572 g/mol. The second-order valence-corrected chi connectivity index (χ2v) is 10.4. The molecule has 1 heterocycles. The lowest BCUT2D eigenvalue weighted by Gasteiger charge is -2.11. The molecule has 2 atom stereocenters. The van der Waals surface area contributed by atoms with Crippen LogP contribution in [0.25, 0.3) is 0 Å². The molecule has 0 bridgehead atoms. The van der Waals surface area contributed by atoms with Crippen molar-refractivity contribution in [2.45, 2.75) is 12.1 Å². The van der Waals surface area contributed by atoms with Crippen LogP contribution in [0.5, 0.6) is 0 Å². The Labute approximate surface area is 219 Å². The molecule has 0 aromatic carbocycles. The second-order valence-electron chi connectivity index (χ2n) is 6.02. The van der Waals surface area contributed by atoms with Gasteiger partial charge in [-0.3, -0.25) is 23.9 Å². The molecule has 0 aliphatic heterocycles. The summed E-state index contributed by atoms with van der Waals surface area (Å²) in [5.41, 5.74) is -0.544.